The van der Waals surface area contributed by atoms with Gasteiger partial charge in [0.25, 0.3) is 0 Å². The molecule has 27 heavy (non-hydrogen) atoms. The zero-order valence-corrected chi connectivity index (χ0v) is 16.6. The van der Waals surface area contributed by atoms with Gasteiger partial charge in [0.1, 0.15) is 0 Å². The van der Waals surface area contributed by atoms with Crippen LogP contribution in [0.15, 0.2) is 29.3 Å². The Balaban J connectivity index is 1.51. The Morgan fingerprint density at radius 1 is 1.30 bits per heavy atom. The largest absolute Gasteiger partial charge is 0.356 e. The molecule has 3 rings (SSSR count). The van der Waals surface area contributed by atoms with Gasteiger partial charge in [-0.3, -0.25) is 9.79 Å². The van der Waals surface area contributed by atoms with Gasteiger partial charge in [-0.15, -0.1) is 0 Å². The van der Waals surface area contributed by atoms with Crippen molar-refractivity contribution >= 4 is 27.6 Å². The van der Waals surface area contributed by atoms with Crippen molar-refractivity contribution in [2.45, 2.75) is 18.8 Å². The van der Waals surface area contributed by atoms with Gasteiger partial charge in [-0.25, -0.2) is 12.7 Å². The number of anilines is 1. The van der Waals surface area contributed by atoms with E-state index in [0.717, 1.165) is 17.7 Å². The molecule has 8 nitrogen and oxygen atoms in total. The monoisotopic (exact) mass is 393 g/mol. The fourth-order valence-electron chi connectivity index (χ4n) is 3.63. The molecule has 1 fully saturated rings. The maximum Gasteiger partial charge on any atom is 0.225 e. The summed E-state index contributed by atoms with van der Waals surface area (Å²) in [5, 5.41) is 9.47. The van der Waals surface area contributed by atoms with Crippen LogP contribution in [-0.2, 0) is 14.8 Å². The van der Waals surface area contributed by atoms with Crippen LogP contribution in [0.4, 0.5) is 5.69 Å². The first-order chi connectivity index (χ1) is 12.9. The molecular weight excluding hydrogens is 366 g/mol. The lowest BCUT2D eigenvalue weighted by atomic mass is 9.90. The predicted octanol–water partition coefficient (Wildman–Crippen LogP) is 0.559. The summed E-state index contributed by atoms with van der Waals surface area (Å²) in [7, 11) is -1.41. The van der Waals surface area contributed by atoms with Crippen molar-refractivity contribution in [1.82, 2.24) is 14.9 Å². The molecule has 0 saturated carbocycles. The second-order valence-electron chi connectivity index (χ2n) is 7.15. The van der Waals surface area contributed by atoms with Crippen LogP contribution in [0.25, 0.3) is 0 Å². The van der Waals surface area contributed by atoms with E-state index in [1.54, 1.807) is 7.05 Å². The van der Waals surface area contributed by atoms with Gasteiger partial charge in [-0.2, -0.15) is 0 Å². The topological polar surface area (TPSA) is 103 Å². The second kappa shape index (κ2) is 8.26. The molecule has 148 valence electrons. The summed E-state index contributed by atoms with van der Waals surface area (Å²) in [6.45, 7) is 2.38. The van der Waals surface area contributed by atoms with Gasteiger partial charge >= 0.3 is 0 Å². The zero-order chi connectivity index (χ0) is 19.4. The molecule has 2 atom stereocenters. The predicted molar refractivity (Wildman–Crippen MR) is 106 cm³/mol. The van der Waals surface area contributed by atoms with E-state index >= 15 is 0 Å². The molecule has 0 spiro atoms. The van der Waals surface area contributed by atoms with Crippen molar-refractivity contribution in [3.05, 3.63) is 29.8 Å². The quantitative estimate of drug-likeness (QED) is 0.501. The highest BCUT2D eigenvalue weighted by Gasteiger charge is 2.29. The Hall–Kier alpha value is -2.13. The molecule has 2 unspecified atom stereocenters. The normalized spacial score (nSPS) is 23.6. The highest BCUT2D eigenvalue weighted by atomic mass is 32.2. The molecule has 2 heterocycles. The Morgan fingerprint density at radius 3 is 2.74 bits per heavy atom. The number of carbonyl (C=O) groups excluding carboxylic acids is 1. The van der Waals surface area contributed by atoms with E-state index in [1.165, 1.54) is 10.6 Å². The fraction of sp³-hybridized carbons (Fsp3) is 0.556. The van der Waals surface area contributed by atoms with Crippen molar-refractivity contribution in [1.29, 1.82) is 0 Å². The van der Waals surface area contributed by atoms with E-state index in [0.29, 0.717) is 38.6 Å². The van der Waals surface area contributed by atoms with Crippen LogP contribution >= 0.6 is 0 Å². The summed E-state index contributed by atoms with van der Waals surface area (Å²) >= 11 is 0. The van der Waals surface area contributed by atoms with E-state index < -0.39 is 10.0 Å². The second-order valence-corrected chi connectivity index (χ2v) is 9.13. The number of fused-ring (bicyclic) bond motifs is 1. The molecule has 2 aliphatic heterocycles. The summed E-state index contributed by atoms with van der Waals surface area (Å²) in [4.78, 5) is 16.2. The maximum atomic E-state index is 11.9. The number of nitrogens with zero attached hydrogens (tertiary/aromatic N) is 2. The molecule has 0 aliphatic carbocycles. The number of hydrogen-bond donors (Lipinski definition) is 3. The third kappa shape index (κ3) is 4.98. The molecule has 0 radical (unpaired) electrons. The number of guanidine groups is 1. The first-order valence-corrected chi connectivity index (χ1v) is 11.0. The Kier molecular flexibility index (Phi) is 6.01. The third-order valence-electron chi connectivity index (χ3n) is 5.12. The molecular formula is C18H27N5O3S. The first-order valence-electron chi connectivity index (χ1n) is 9.15. The number of nitrogens with one attached hydrogen (secondary N) is 3. The third-order valence-corrected chi connectivity index (χ3v) is 6.39. The van der Waals surface area contributed by atoms with E-state index in [9.17, 15) is 13.2 Å². The van der Waals surface area contributed by atoms with Gasteiger partial charge in [0.15, 0.2) is 5.96 Å². The summed E-state index contributed by atoms with van der Waals surface area (Å²) in [6, 6.07) is 7.84. The number of para-hydroxylation sites is 1. The SMILES string of the molecule is CN=C(NCC1CCN(S(C)(=O)=O)C1)NCC1CC(=O)Nc2ccccc21. The van der Waals surface area contributed by atoms with Gasteiger partial charge in [0, 0.05) is 51.3 Å². The zero-order valence-electron chi connectivity index (χ0n) is 15.7. The number of hydrogen-bond acceptors (Lipinski definition) is 4. The average Bonchev–Trinajstić information content (AvgIpc) is 3.11. The Bertz CT molecular complexity index is 824. The van der Waals surface area contributed by atoms with Gasteiger partial charge in [0.05, 0.1) is 6.26 Å². The molecule has 0 bridgehead atoms. The summed E-state index contributed by atoms with van der Waals surface area (Å²) in [6.07, 6.45) is 2.53. The molecule has 3 N–H and O–H groups in total. The molecule has 0 aromatic heterocycles. The van der Waals surface area contributed by atoms with E-state index in [-0.39, 0.29) is 17.7 Å². The van der Waals surface area contributed by atoms with Crippen LogP contribution in [0, 0.1) is 5.92 Å². The number of benzene rings is 1. The van der Waals surface area contributed by atoms with Crippen LogP contribution in [0.5, 0.6) is 0 Å². The minimum absolute atomic E-state index is 0.0234. The molecule has 1 aromatic rings. The standard InChI is InChI=1S/C18H27N5O3S/c1-19-18(20-10-13-7-8-23(12-13)27(2,25)26)21-11-14-9-17(24)22-16-6-4-3-5-15(14)16/h3-6,13-14H,7-12H2,1-2H3,(H,22,24)(H2,19,20,21). The highest BCUT2D eigenvalue weighted by molar-refractivity contribution is 7.88. The first kappa shape index (κ1) is 19.6. The average molecular weight is 394 g/mol. The number of amides is 1. The van der Waals surface area contributed by atoms with Crippen LogP contribution in [0.2, 0.25) is 0 Å². The van der Waals surface area contributed by atoms with Gasteiger partial charge in [-0.05, 0) is 24.0 Å². The van der Waals surface area contributed by atoms with Crippen LogP contribution in [0.3, 0.4) is 0 Å². The fourth-order valence-corrected chi connectivity index (χ4v) is 4.55. The molecule has 1 amide bonds. The number of sulfonamides is 1. The number of aliphatic imine (C=N–C) groups is 1. The molecule has 1 aromatic carbocycles. The number of carbonyl (C=O) groups is 1. The highest BCUT2D eigenvalue weighted by Crippen LogP contribution is 2.31. The smallest absolute Gasteiger partial charge is 0.225 e. The number of rotatable bonds is 5. The lowest BCUT2D eigenvalue weighted by Crippen LogP contribution is -2.42. The van der Waals surface area contributed by atoms with Crippen molar-refractivity contribution in [2.75, 3.05) is 44.8 Å². The minimum Gasteiger partial charge on any atom is -0.356 e. The van der Waals surface area contributed by atoms with Crippen LogP contribution in [-0.4, -0.2) is 64.1 Å². The van der Waals surface area contributed by atoms with Gasteiger partial charge < -0.3 is 16.0 Å². The van der Waals surface area contributed by atoms with E-state index in [1.807, 2.05) is 24.3 Å². The lowest BCUT2D eigenvalue weighted by molar-refractivity contribution is -0.116. The summed E-state index contributed by atoms with van der Waals surface area (Å²) in [5.41, 5.74) is 2.00. The molecule has 2 aliphatic rings. The summed E-state index contributed by atoms with van der Waals surface area (Å²) < 4.78 is 24.8. The maximum absolute atomic E-state index is 11.9. The minimum atomic E-state index is -3.12. The van der Waals surface area contributed by atoms with Gasteiger partial charge in [0.2, 0.25) is 15.9 Å². The van der Waals surface area contributed by atoms with E-state index in [2.05, 4.69) is 20.9 Å². The van der Waals surface area contributed by atoms with E-state index in [4.69, 9.17) is 0 Å². The van der Waals surface area contributed by atoms with Crippen molar-refractivity contribution in [3.63, 3.8) is 0 Å². The Labute approximate surface area is 160 Å². The Morgan fingerprint density at radius 2 is 2.04 bits per heavy atom. The molecule has 9 heteroatoms. The van der Waals surface area contributed by atoms with Gasteiger partial charge in [-0.1, -0.05) is 18.2 Å². The lowest BCUT2D eigenvalue weighted by Gasteiger charge is -2.26. The van der Waals surface area contributed by atoms with Crippen molar-refractivity contribution in [3.8, 4) is 0 Å². The van der Waals surface area contributed by atoms with Crippen molar-refractivity contribution < 1.29 is 13.2 Å². The van der Waals surface area contributed by atoms with Crippen LogP contribution in [0.1, 0.15) is 24.3 Å². The van der Waals surface area contributed by atoms with Crippen LogP contribution < -0.4 is 16.0 Å². The molecule has 1 saturated heterocycles. The summed E-state index contributed by atoms with van der Waals surface area (Å²) in [5.74, 6) is 1.03. The van der Waals surface area contributed by atoms with Crippen molar-refractivity contribution in [2.24, 2.45) is 10.9 Å².